The van der Waals surface area contributed by atoms with Crippen LogP contribution >= 0.6 is 31.3 Å². The van der Waals surface area contributed by atoms with E-state index < -0.39 is 13.2 Å². The maximum atomic E-state index is 13.7. The lowest BCUT2D eigenvalue weighted by atomic mass is 10.00. The number of rotatable bonds is 14. The first kappa shape index (κ1) is 30.9. The van der Waals surface area contributed by atoms with Gasteiger partial charge in [0.1, 0.15) is 5.75 Å². The van der Waals surface area contributed by atoms with Crippen LogP contribution in [0.1, 0.15) is 40.2 Å². The van der Waals surface area contributed by atoms with E-state index in [1.165, 1.54) is 0 Å². The fraction of sp³-hybridized carbons (Fsp3) is 0.600. The molecule has 202 valence electrons. The van der Waals surface area contributed by atoms with Crippen LogP contribution in [0.3, 0.4) is 0 Å². The number of H-pyrrole nitrogens is 1. The van der Waals surface area contributed by atoms with E-state index >= 15 is 0 Å². The number of benzene rings is 1. The number of nitrogens with zero attached hydrogens (tertiary/aromatic N) is 1. The zero-order valence-electron chi connectivity index (χ0n) is 22.3. The van der Waals surface area contributed by atoms with Crippen molar-refractivity contribution in [1.29, 1.82) is 0 Å². The molecule has 1 aromatic carbocycles. The molecule has 1 unspecified atom stereocenters. The molecule has 1 aromatic heterocycles. The van der Waals surface area contributed by atoms with E-state index in [9.17, 15) is 14.2 Å². The number of aromatic amines is 1. The number of aromatic nitrogens is 1. The summed E-state index contributed by atoms with van der Waals surface area (Å²) in [5.74, 6) is 0.942. The quantitative estimate of drug-likeness (QED) is 0.221. The molecule has 11 heteroatoms. The first-order valence-electron chi connectivity index (χ1n) is 12.0. The number of hydrogen-bond donors (Lipinski definition) is 1. The number of likely N-dealkylation sites (N-methyl/N-ethyl adjacent to an activating group) is 1. The Labute approximate surface area is 223 Å². The average Bonchev–Trinajstić information content (AvgIpc) is 3.21. The van der Waals surface area contributed by atoms with Gasteiger partial charge in [0.15, 0.2) is 10.2 Å². The van der Waals surface area contributed by atoms with Crippen LogP contribution in [0.25, 0.3) is 10.9 Å². The summed E-state index contributed by atoms with van der Waals surface area (Å²) in [5.41, 5.74) is 1.41. The summed E-state index contributed by atoms with van der Waals surface area (Å²) in [5, 5.41) is 0.886. The summed E-state index contributed by atoms with van der Waals surface area (Å²) >= 11 is 2.25. The number of phosphoric acid groups is 1. The predicted octanol–water partition coefficient (Wildman–Crippen LogP) is 6.01. The second kappa shape index (κ2) is 14.0. The highest BCUT2D eigenvalue weighted by Crippen LogP contribution is 2.51. The minimum Gasteiger partial charge on any atom is -0.403 e. The molecule has 0 aliphatic heterocycles. The molecule has 36 heavy (non-hydrogen) atoms. The SMILES string of the molecule is CC(C)C(=O)SCCOP(=O)(OCCSC(=O)C(C)(C)C)Oc1cccc2[nH]cc(CCN(C)C)c12. The van der Waals surface area contributed by atoms with Crippen molar-refractivity contribution in [3.05, 3.63) is 30.0 Å². The number of thioether (sulfide) groups is 2. The minimum absolute atomic E-state index is 0.0123. The van der Waals surface area contributed by atoms with Gasteiger partial charge in [0, 0.05) is 46.5 Å². The van der Waals surface area contributed by atoms with Crippen molar-refractivity contribution in [3.8, 4) is 5.75 Å². The lowest BCUT2D eigenvalue weighted by Gasteiger charge is -2.20. The lowest BCUT2D eigenvalue weighted by Crippen LogP contribution is -2.17. The van der Waals surface area contributed by atoms with E-state index in [2.05, 4.69) is 9.88 Å². The molecule has 0 saturated heterocycles. The van der Waals surface area contributed by atoms with Gasteiger partial charge in [-0.25, -0.2) is 4.57 Å². The van der Waals surface area contributed by atoms with Crippen LogP contribution in [0.5, 0.6) is 5.75 Å². The van der Waals surface area contributed by atoms with Gasteiger partial charge in [-0.2, -0.15) is 0 Å². The third-order valence-corrected chi connectivity index (χ3v) is 8.80. The van der Waals surface area contributed by atoms with E-state index in [-0.39, 0.29) is 29.4 Å². The molecule has 1 N–H and O–H groups in total. The maximum Gasteiger partial charge on any atom is 0.530 e. The first-order valence-corrected chi connectivity index (χ1v) is 15.4. The van der Waals surface area contributed by atoms with E-state index in [1.54, 1.807) is 6.07 Å². The van der Waals surface area contributed by atoms with Crippen LogP contribution < -0.4 is 4.52 Å². The van der Waals surface area contributed by atoms with Crippen molar-refractivity contribution in [2.24, 2.45) is 11.3 Å². The van der Waals surface area contributed by atoms with Gasteiger partial charge >= 0.3 is 7.82 Å². The van der Waals surface area contributed by atoms with Gasteiger partial charge in [0.25, 0.3) is 0 Å². The Hall–Kier alpha value is -1.29. The van der Waals surface area contributed by atoms with Gasteiger partial charge < -0.3 is 14.4 Å². The van der Waals surface area contributed by atoms with E-state index in [4.69, 9.17) is 13.6 Å². The normalized spacial score (nSPS) is 13.9. The fourth-order valence-corrected chi connectivity index (χ4v) is 5.94. The Balaban J connectivity index is 2.17. The topological polar surface area (TPSA) is 97.9 Å². The summed E-state index contributed by atoms with van der Waals surface area (Å²) in [6, 6.07) is 5.48. The molecule has 0 spiro atoms. The minimum atomic E-state index is -4.04. The second-order valence-corrected chi connectivity index (χ2v) is 13.7. The second-order valence-electron chi connectivity index (χ2n) is 9.96. The van der Waals surface area contributed by atoms with Crippen LogP contribution in [0, 0.1) is 11.3 Å². The van der Waals surface area contributed by atoms with Gasteiger partial charge in [0.05, 0.1) is 13.2 Å². The molecule has 0 fully saturated rings. The Morgan fingerprint density at radius 3 is 2.31 bits per heavy atom. The molecule has 2 aromatic rings. The summed E-state index contributed by atoms with van der Waals surface area (Å²) < 4.78 is 30.9. The zero-order valence-corrected chi connectivity index (χ0v) is 24.8. The van der Waals surface area contributed by atoms with Crippen LogP contribution in [0.2, 0.25) is 0 Å². The molecule has 2 rings (SSSR count). The molecule has 0 aliphatic carbocycles. The predicted molar refractivity (Wildman–Crippen MR) is 150 cm³/mol. The molecule has 1 heterocycles. The van der Waals surface area contributed by atoms with Crippen molar-refractivity contribution in [1.82, 2.24) is 9.88 Å². The summed E-state index contributed by atoms with van der Waals surface area (Å²) in [6.07, 6.45) is 2.70. The molecule has 8 nitrogen and oxygen atoms in total. The number of carbonyl (C=O) groups is 2. The molecular formula is C25H39N2O6PS2. The standard InChI is InChI=1S/C25H39N2O6PS2/c1-18(2)23(28)35-15-13-31-34(30,32-14-16-36-24(29)25(3,4)5)33-21-10-8-9-20-22(21)19(17-26-20)11-12-27(6)7/h8-10,17-18,26H,11-16H2,1-7H3. The van der Waals surface area contributed by atoms with E-state index in [0.717, 1.165) is 53.0 Å². The monoisotopic (exact) mass is 558 g/mol. The Morgan fingerprint density at radius 2 is 1.72 bits per heavy atom. The van der Waals surface area contributed by atoms with Gasteiger partial charge in [-0.3, -0.25) is 18.6 Å². The number of fused-ring (bicyclic) bond motifs is 1. The average molecular weight is 559 g/mol. The Morgan fingerprint density at radius 1 is 1.08 bits per heavy atom. The molecule has 0 aliphatic rings. The molecule has 0 amide bonds. The fourth-order valence-electron chi connectivity index (χ4n) is 3.01. The van der Waals surface area contributed by atoms with E-state index in [0.29, 0.717) is 17.3 Å². The zero-order chi connectivity index (χ0) is 26.9. The van der Waals surface area contributed by atoms with E-state index in [1.807, 2.05) is 67.0 Å². The summed E-state index contributed by atoms with van der Waals surface area (Å²) in [7, 11) is -0.0238. The van der Waals surface area contributed by atoms with Crippen LogP contribution in [0.4, 0.5) is 0 Å². The van der Waals surface area contributed by atoms with Crippen molar-refractivity contribution >= 4 is 52.5 Å². The van der Waals surface area contributed by atoms with Crippen LogP contribution in [-0.2, 0) is 29.6 Å². The molecule has 0 bridgehead atoms. The first-order chi connectivity index (χ1) is 16.8. The van der Waals surface area contributed by atoms with Crippen molar-refractivity contribution in [2.75, 3.05) is 45.4 Å². The van der Waals surface area contributed by atoms with Gasteiger partial charge in [0.2, 0.25) is 0 Å². The number of nitrogens with one attached hydrogen (secondary N) is 1. The highest BCUT2D eigenvalue weighted by atomic mass is 32.2. The van der Waals surface area contributed by atoms with Crippen molar-refractivity contribution in [2.45, 2.75) is 41.0 Å². The number of carbonyl (C=O) groups excluding carboxylic acids is 2. The van der Waals surface area contributed by atoms with Gasteiger partial charge in [-0.15, -0.1) is 0 Å². The van der Waals surface area contributed by atoms with Gasteiger partial charge in [-0.1, -0.05) is 64.2 Å². The van der Waals surface area contributed by atoms with Crippen LogP contribution in [0.15, 0.2) is 24.4 Å². The molecule has 1 atom stereocenters. The highest BCUT2D eigenvalue weighted by Gasteiger charge is 2.31. The van der Waals surface area contributed by atoms with Crippen molar-refractivity contribution < 1.29 is 27.7 Å². The highest BCUT2D eigenvalue weighted by molar-refractivity contribution is 8.14. The molecular weight excluding hydrogens is 519 g/mol. The van der Waals surface area contributed by atoms with Crippen LogP contribution in [-0.4, -0.2) is 65.5 Å². The smallest absolute Gasteiger partial charge is 0.403 e. The summed E-state index contributed by atoms with van der Waals surface area (Å²) in [4.78, 5) is 29.4. The molecule has 0 radical (unpaired) electrons. The third kappa shape index (κ3) is 9.88. The largest absolute Gasteiger partial charge is 0.530 e. The molecule has 0 saturated carbocycles. The third-order valence-electron chi connectivity index (χ3n) is 5.01. The number of phosphoric ester groups is 1. The number of hydrogen-bond acceptors (Lipinski definition) is 9. The Kier molecular flexibility index (Phi) is 12.1. The Bertz CT molecular complexity index is 1060. The summed E-state index contributed by atoms with van der Waals surface area (Å²) in [6.45, 7) is 10.1. The lowest BCUT2D eigenvalue weighted by molar-refractivity contribution is -0.117. The van der Waals surface area contributed by atoms with Crippen molar-refractivity contribution in [3.63, 3.8) is 0 Å². The van der Waals surface area contributed by atoms with Gasteiger partial charge in [-0.05, 0) is 38.2 Å². The maximum absolute atomic E-state index is 13.7.